The van der Waals surface area contributed by atoms with E-state index < -0.39 is 17.4 Å². The SMILES string of the molecule is CCOC(=O)C1=C(C)CC1(C(=O)OCC)c1ccc(OC)cc1. The Morgan fingerprint density at radius 1 is 1.09 bits per heavy atom. The van der Waals surface area contributed by atoms with Gasteiger partial charge in [0.1, 0.15) is 11.2 Å². The van der Waals surface area contributed by atoms with Gasteiger partial charge < -0.3 is 14.2 Å². The van der Waals surface area contributed by atoms with Gasteiger partial charge in [0, 0.05) is 0 Å². The fourth-order valence-corrected chi connectivity index (χ4v) is 3.05. The minimum atomic E-state index is -1.08. The zero-order chi connectivity index (χ0) is 17.0. The van der Waals surface area contributed by atoms with Gasteiger partial charge in [-0.2, -0.15) is 0 Å². The highest BCUT2D eigenvalue weighted by Crippen LogP contribution is 2.50. The molecule has 0 saturated carbocycles. The normalized spacial score (nSPS) is 19.8. The maximum atomic E-state index is 12.7. The number of esters is 2. The second kappa shape index (κ2) is 6.86. The molecule has 0 amide bonds. The molecule has 23 heavy (non-hydrogen) atoms. The van der Waals surface area contributed by atoms with E-state index in [4.69, 9.17) is 14.2 Å². The number of rotatable bonds is 6. The highest BCUT2D eigenvalue weighted by atomic mass is 16.5. The van der Waals surface area contributed by atoms with Gasteiger partial charge in [-0.25, -0.2) is 4.79 Å². The fourth-order valence-electron chi connectivity index (χ4n) is 3.05. The Labute approximate surface area is 136 Å². The zero-order valence-electron chi connectivity index (χ0n) is 14.0. The van der Waals surface area contributed by atoms with Crippen LogP contribution in [0.25, 0.3) is 0 Å². The van der Waals surface area contributed by atoms with Gasteiger partial charge in [-0.1, -0.05) is 17.7 Å². The number of allylic oxidation sites excluding steroid dienone is 1. The fraction of sp³-hybridized carbons (Fsp3) is 0.444. The van der Waals surface area contributed by atoms with E-state index in [1.807, 2.05) is 6.92 Å². The van der Waals surface area contributed by atoms with Crippen molar-refractivity contribution in [1.29, 1.82) is 0 Å². The summed E-state index contributed by atoms with van der Waals surface area (Å²) in [5, 5.41) is 0. The van der Waals surface area contributed by atoms with Crippen LogP contribution in [0, 0.1) is 0 Å². The summed E-state index contributed by atoms with van der Waals surface area (Å²) in [5.74, 6) is -0.190. The van der Waals surface area contributed by atoms with Crippen molar-refractivity contribution in [3.63, 3.8) is 0 Å². The standard InChI is InChI=1S/C18H22O5/c1-5-22-16(19)15-12(3)11-18(15,17(20)23-6-2)13-7-9-14(21-4)10-8-13/h7-10H,5-6,11H2,1-4H3. The van der Waals surface area contributed by atoms with Crippen molar-refractivity contribution in [3.8, 4) is 5.75 Å². The summed E-state index contributed by atoms with van der Waals surface area (Å²) in [6.45, 7) is 5.85. The minimum absolute atomic E-state index is 0.256. The Hall–Kier alpha value is -2.30. The average Bonchev–Trinajstić information content (AvgIpc) is 2.52. The second-order valence-electron chi connectivity index (χ2n) is 5.41. The van der Waals surface area contributed by atoms with Gasteiger partial charge in [-0.3, -0.25) is 4.79 Å². The van der Waals surface area contributed by atoms with Gasteiger partial charge in [0.25, 0.3) is 0 Å². The van der Waals surface area contributed by atoms with Crippen LogP contribution in [0.1, 0.15) is 32.8 Å². The molecule has 0 fully saturated rings. The molecule has 124 valence electrons. The summed E-state index contributed by atoms with van der Waals surface area (Å²) >= 11 is 0. The van der Waals surface area contributed by atoms with Crippen molar-refractivity contribution in [1.82, 2.24) is 0 Å². The molecule has 0 aromatic heterocycles. The highest BCUT2D eigenvalue weighted by molar-refractivity contribution is 6.05. The van der Waals surface area contributed by atoms with Gasteiger partial charge in [-0.15, -0.1) is 0 Å². The molecule has 0 radical (unpaired) electrons. The van der Waals surface area contributed by atoms with E-state index in [2.05, 4.69) is 0 Å². The molecule has 1 unspecified atom stereocenters. The van der Waals surface area contributed by atoms with Gasteiger partial charge in [0.2, 0.25) is 0 Å². The molecule has 0 saturated heterocycles. The lowest BCUT2D eigenvalue weighted by Gasteiger charge is -2.42. The lowest BCUT2D eigenvalue weighted by atomic mass is 9.60. The predicted molar refractivity (Wildman–Crippen MR) is 85.3 cm³/mol. The van der Waals surface area contributed by atoms with Crippen LogP contribution in [-0.2, 0) is 24.5 Å². The Balaban J connectivity index is 2.50. The molecule has 0 spiro atoms. The van der Waals surface area contributed by atoms with Crippen LogP contribution >= 0.6 is 0 Å². The quantitative estimate of drug-likeness (QED) is 0.755. The van der Waals surface area contributed by atoms with Crippen LogP contribution in [0.3, 0.4) is 0 Å². The van der Waals surface area contributed by atoms with E-state index >= 15 is 0 Å². The number of hydrogen-bond acceptors (Lipinski definition) is 5. The molecular formula is C18H22O5. The first-order valence-electron chi connectivity index (χ1n) is 7.70. The van der Waals surface area contributed by atoms with Crippen LogP contribution < -0.4 is 4.74 Å². The van der Waals surface area contributed by atoms with E-state index in [0.29, 0.717) is 23.3 Å². The van der Waals surface area contributed by atoms with Crippen molar-refractivity contribution < 1.29 is 23.8 Å². The maximum absolute atomic E-state index is 12.7. The lowest BCUT2D eigenvalue weighted by molar-refractivity contribution is -0.153. The molecule has 1 aromatic carbocycles. The van der Waals surface area contributed by atoms with Crippen LogP contribution in [0.15, 0.2) is 35.4 Å². The third-order valence-electron chi connectivity index (χ3n) is 4.07. The number of benzene rings is 1. The number of carbonyl (C=O) groups is 2. The third-order valence-corrected chi connectivity index (χ3v) is 4.07. The Morgan fingerprint density at radius 3 is 2.17 bits per heavy atom. The first-order valence-corrected chi connectivity index (χ1v) is 7.70. The number of carbonyl (C=O) groups excluding carboxylic acids is 2. The molecule has 1 atom stereocenters. The minimum Gasteiger partial charge on any atom is -0.497 e. The van der Waals surface area contributed by atoms with Crippen molar-refractivity contribution in [2.75, 3.05) is 20.3 Å². The monoisotopic (exact) mass is 318 g/mol. The maximum Gasteiger partial charge on any atom is 0.335 e. The van der Waals surface area contributed by atoms with Crippen molar-refractivity contribution in [2.24, 2.45) is 0 Å². The van der Waals surface area contributed by atoms with E-state index in [9.17, 15) is 9.59 Å². The first kappa shape index (κ1) is 17.1. The highest BCUT2D eigenvalue weighted by Gasteiger charge is 2.55. The van der Waals surface area contributed by atoms with E-state index in [-0.39, 0.29) is 13.2 Å². The van der Waals surface area contributed by atoms with E-state index in [0.717, 1.165) is 5.57 Å². The van der Waals surface area contributed by atoms with E-state index in [1.54, 1.807) is 45.2 Å². The van der Waals surface area contributed by atoms with Crippen LogP contribution in [0.2, 0.25) is 0 Å². The van der Waals surface area contributed by atoms with Gasteiger partial charge in [0.05, 0.1) is 25.9 Å². The molecule has 1 aliphatic carbocycles. The summed E-state index contributed by atoms with van der Waals surface area (Å²) in [4.78, 5) is 25.0. The van der Waals surface area contributed by atoms with Crippen molar-refractivity contribution in [3.05, 3.63) is 41.0 Å². The van der Waals surface area contributed by atoms with Gasteiger partial charge >= 0.3 is 11.9 Å². The van der Waals surface area contributed by atoms with Crippen LogP contribution in [0.4, 0.5) is 0 Å². The second-order valence-corrected chi connectivity index (χ2v) is 5.41. The third kappa shape index (κ3) is 2.83. The molecule has 5 nitrogen and oxygen atoms in total. The lowest BCUT2D eigenvalue weighted by Crippen LogP contribution is -2.49. The van der Waals surface area contributed by atoms with Crippen LogP contribution in [0.5, 0.6) is 5.75 Å². The number of hydrogen-bond donors (Lipinski definition) is 0. The molecule has 1 aliphatic rings. The topological polar surface area (TPSA) is 61.8 Å². The Bertz CT molecular complexity index is 629. The molecule has 0 bridgehead atoms. The molecule has 0 N–H and O–H groups in total. The van der Waals surface area contributed by atoms with Crippen LogP contribution in [-0.4, -0.2) is 32.3 Å². The first-order chi connectivity index (χ1) is 11.0. The molecule has 1 aromatic rings. The van der Waals surface area contributed by atoms with Gasteiger partial charge in [0.15, 0.2) is 0 Å². The van der Waals surface area contributed by atoms with E-state index in [1.165, 1.54) is 0 Å². The summed E-state index contributed by atoms with van der Waals surface area (Å²) in [5.41, 5.74) is 0.874. The average molecular weight is 318 g/mol. The Kier molecular flexibility index (Phi) is 5.08. The van der Waals surface area contributed by atoms with Gasteiger partial charge in [-0.05, 0) is 44.9 Å². The zero-order valence-corrected chi connectivity index (χ0v) is 14.0. The summed E-state index contributed by atoms with van der Waals surface area (Å²) in [6.07, 6.45) is 0.451. The number of ether oxygens (including phenoxy) is 3. The molecule has 5 heteroatoms. The van der Waals surface area contributed by atoms with Crippen molar-refractivity contribution >= 4 is 11.9 Å². The molecule has 0 heterocycles. The van der Waals surface area contributed by atoms with Crippen molar-refractivity contribution in [2.45, 2.75) is 32.6 Å². The summed E-state index contributed by atoms with van der Waals surface area (Å²) in [6, 6.07) is 7.13. The molecule has 0 aliphatic heterocycles. The predicted octanol–water partition coefficient (Wildman–Crippen LogP) is 2.78. The molecular weight excluding hydrogens is 296 g/mol. The summed E-state index contributed by atoms with van der Waals surface area (Å²) in [7, 11) is 1.58. The number of methoxy groups -OCH3 is 1. The largest absolute Gasteiger partial charge is 0.497 e. The molecule has 2 rings (SSSR count). The summed E-state index contributed by atoms with van der Waals surface area (Å²) < 4.78 is 15.5. The smallest absolute Gasteiger partial charge is 0.335 e. The Morgan fingerprint density at radius 2 is 1.70 bits per heavy atom.